The van der Waals surface area contributed by atoms with Crippen LogP contribution in [-0.4, -0.2) is 27.3 Å². The van der Waals surface area contributed by atoms with Crippen LogP contribution in [-0.2, 0) is 10.0 Å². The molecule has 1 saturated heterocycles. The predicted octanol–water partition coefficient (Wildman–Crippen LogP) is -0.725. The molecule has 5 heteroatoms. The monoisotopic (exact) mass is 178 g/mol. The third-order valence-electron chi connectivity index (χ3n) is 1.91. The maximum Gasteiger partial charge on any atom is 0.209 e. The second-order valence-electron chi connectivity index (χ2n) is 3.03. The zero-order chi connectivity index (χ0) is 8.32. The van der Waals surface area contributed by atoms with Gasteiger partial charge in [0.1, 0.15) is 0 Å². The molecule has 66 valence electrons. The number of sulfonamides is 1. The number of primary sulfonamides is 1. The minimum Gasteiger partial charge on any atom is -0.316 e. The molecule has 1 fully saturated rings. The van der Waals surface area contributed by atoms with E-state index in [1.165, 1.54) is 0 Å². The summed E-state index contributed by atoms with van der Waals surface area (Å²) in [5, 5.41) is 7.97. The molecule has 0 aromatic heterocycles. The standard InChI is InChI=1S/C6H14N2O2S/c7-11(9,10)3-1-2-6-4-8-5-6/h6,8H,1-5H2,(H2,7,9,10). The molecule has 0 saturated carbocycles. The average Bonchev–Trinajstić information content (AvgIpc) is 1.73. The Balaban J connectivity index is 2.04. The van der Waals surface area contributed by atoms with Gasteiger partial charge < -0.3 is 5.32 Å². The molecule has 1 aliphatic heterocycles. The predicted molar refractivity (Wildman–Crippen MR) is 43.6 cm³/mol. The van der Waals surface area contributed by atoms with Crippen molar-refractivity contribution in [1.82, 2.24) is 5.32 Å². The Kier molecular flexibility index (Phi) is 2.86. The van der Waals surface area contributed by atoms with E-state index in [9.17, 15) is 8.42 Å². The molecule has 1 heterocycles. The van der Waals surface area contributed by atoms with Crippen LogP contribution in [0, 0.1) is 5.92 Å². The van der Waals surface area contributed by atoms with Crippen molar-refractivity contribution < 1.29 is 8.42 Å². The van der Waals surface area contributed by atoms with Gasteiger partial charge in [0, 0.05) is 0 Å². The number of nitrogens with one attached hydrogen (secondary N) is 1. The van der Waals surface area contributed by atoms with Crippen LogP contribution in [0.25, 0.3) is 0 Å². The summed E-state index contributed by atoms with van der Waals surface area (Å²) in [5.41, 5.74) is 0. The Morgan fingerprint density at radius 1 is 1.45 bits per heavy atom. The summed E-state index contributed by atoms with van der Waals surface area (Å²) < 4.78 is 21.0. The third-order valence-corrected chi connectivity index (χ3v) is 2.76. The fraction of sp³-hybridized carbons (Fsp3) is 1.00. The molecule has 1 aliphatic rings. The quantitative estimate of drug-likeness (QED) is 0.596. The SMILES string of the molecule is NS(=O)(=O)CCCC1CNC1. The van der Waals surface area contributed by atoms with Crippen LogP contribution in [0.3, 0.4) is 0 Å². The van der Waals surface area contributed by atoms with Crippen LogP contribution in [0.2, 0.25) is 0 Å². The van der Waals surface area contributed by atoms with Crippen LogP contribution < -0.4 is 10.5 Å². The van der Waals surface area contributed by atoms with Crippen LogP contribution in [0.4, 0.5) is 0 Å². The first kappa shape index (κ1) is 8.96. The normalized spacial score (nSPS) is 19.7. The zero-order valence-electron chi connectivity index (χ0n) is 6.41. The molecule has 0 aromatic carbocycles. The Bertz CT molecular complexity index is 209. The minimum absolute atomic E-state index is 0.128. The Morgan fingerprint density at radius 3 is 2.45 bits per heavy atom. The molecule has 11 heavy (non-hydrogen) atoms. The van der Waals surface area contributed by atoms with Crippen molar-refractivity contribution >= 4 is 10.0 Å². The highest BCUT2D eigenvalue weighted by Crippen LogP contribution is 2.10. The first-order valence-electron chi connectivity index (χ1n) is 3.79. The number of hydrogen-bond donors (Lipinski definition) is 2. The van der Waals surface area contributed by atoms with Crippen LogP contribution in [0.15, 0.2) is 0 Å². The lowest BCUT2D eigenvalue weighted by Crippen LogP contribution is -2.42. The Labute approximate surface area is 67.2 Å². The number of nitrogens with two attached hydrogens (primary N) is 1. The molecule has 0 unspecified atom stereocenters. The highest BCUT2D eigenvalue weighted by molar-refractivity contribution is 7.89. The Hall–Kier alpha value is -0.130. The summed E-state index contributed by atoms with van der Waals surface area (Å²) in [6, 6.07) is 0. The lowest BCUT2D eigenvalue weighted by molar-refractivity contribution is 0.325. The highest BCUT2D eigenvalue weighted by atomic mass is 32.2. The molecule has 3 N–H and O–H groups in total. The molecule has 0 radical (unpaired) electrons. The van der Waals surface area contributed by atoms with E-state index in [-0.39, 0.29) is 5.75 Å². The van der Waals surface area contributed by atoms with Gasteiger partial charge in [0.15, 0.2) is 0 Å². The Morgan fingerprint density at radius 2 is 2.09 bits per heavy atom. The molecule has 0 atom stereocenters. The lowest BCUT2D eigenvalue weighted by Gasteiger charge is -2.26. The molecular formula is C6H14N2O2S. The minimum atomic E-state index is -3.22. The maximum atomic E-state index is 10.5. The van der Waals surface area contributed by atoms with Gasteiger partial charge in [0.25, 0.3) is 0 Å². The van der Waals surface area contributed by atoms with Gasteiger partial charge in [-0.05, 0) is 31.8 Å². The summed E-state index contributed by atoms with van der Waals surface area (Å²) in [5.74, 6) is 0.806. The summed E-state index contributed by atoms with van der Waals surface area (Å²) in [6.45, 7) is 2.06. The second kappa shape index (κ2) is 3.51. The van der Waals surface area contributed by atoms with Crippen molar-refractivity contribution in [3.63, 3.8) is 0 Å². The zero-order valence-corrected chi connectivity index (χ0v) is 7.23. The molecule has 4 nitrogen and oxygen atoms in total. The molecular weight excluding hydrogens is 164 g/mol. The third kappa shape index (κ3) is 3.69. The van der Waals surface area contributed by atoms with Gasteiger partial charge in [-0.25, -0.2) is 13.6 Å². The van der Waals surface area contributed by atoms with E-state index in [2.05, 4.69) is 5.32 Å². The molecule has 1 rings (SSSR count). The van der Waals surface area contributed by atoms with E-state index in [4.69, 9.17) is 5.14 Å². The first-order chi connectivity index (χ1) is 5.08. The van der Waals surface area contributed by atoms with Crippen molar-refractivity contribution in [2.75, 3.05) is 18.8 Å². The smallest absolute Gasteiger partial charge is 0.209 e. The van der Waals surface area contributed by atoms with Crippen molar-refractivity contribution in [2.24, 2.45) is 11.1 Å². The van der Waals surface area contributed by atoms with Gasteiger partial charge in [-0.3, -0.25) is 0 Å². The van der Waals surface area contributed by atoms with E-state index in [1.807, 2.05) is 0 Å². The van der Waals surface area contributed by atoms with Crippen LogP contribution in [0.1, 0.15) is 12.8 Å². The average molecular weight is 178 g/mol. The highest BCUT2D eigenvalue weighted by Gasteiger charge is 2.16. The van der Waals surface area contributed by atoms with Gasteiger partial charge in [0.05, 0.1) is 5.75 Å². The lowest BCUT2D eigenvalue weighted by atomic mass is 9.98. The van der Waals surface area contributed by atoms with E-state index in [0.29, 0.717) is 12.3 Å². The van der Waals surface area contributed by atoms with Crippen LogP contribution in [0.5, 0.6) is 0 Å². The van der Waals surface area contributed by atoms with Gasteiger partial charge in [-0.15, -0.1) is 0 Å². The number of rotatable bonds is 4. The van der Waals surface area contributed by atoms with Crippen molar-refractivity contribution in [3.8, 4) is 0 Å². The maximum absolute atomic E-state index is 10.5. The fourth-order valence-corrected chi connectivity index (χ4v) is 1.69. The van der Waals surface area contributed by atoms with Gasteiger partial charge in [-0.1, -0.05) is 0 Å². The molecule has 0 aliphatic carbocycles. The molecule has 0 spiro atoms. The van der Waals surface area contributed by atoms with E-state index >= 15 is 0 Å². The van der Waals surface area contributed by atoms with Crippen LogP contribution >= 0.6 is 0 Å². The van der Waals surface area contributed by atoms with Gasteiger partial charge in [0.2, 0.25) is 10.0 Å². The second-order valence-corrected chi connectivity index (χ2v) is 4.77. The summed E-state index contributed by atoms with van der Waals surface area (Å²) in [7, 11) is -3.22. The molecule has 0 amide bonds. The molecule has 0 bridgehead atoms. The largest absolute Gasteiger partial charge is 0.316 e. The van der Waals surface area contributed by atoms with Gasteiger partial charge >= 0.3 is 0 Å². The van der Waals surface area contributed by atoms with E-state index in [1.54, 1.807) is 0 Å². The van der Waals surface area contributed by atoms with E-state index in [0.717, 1.165) is 19.5 Å². The molecule has 0 aromatic rings. The summed E-state index contributed by atoms with van der Waals surface area (Å²) in [4.78, 5) is 0. The summed E-state index contributed by atoms with van der Waals surface area (Å²) in [6.07, 6.45) is 1.68. The van der Waals surface area contributed by atoms with Gasteiger partial charge in [-0.2, -0.15) is 0 Å². The number of hydrogen-bond acceptors (Lipinski definition) is 3. The van der Waals surface area contributed by atoms with Crippen molar-refractivity contribution in [2.45, 2.75) is 12.8 Å². The summed E-state index contributed by atoms with van der Waals surface area (Å²) >= 11 is 0. The fourth-order valence-electron chi connectivity index (χ4n) is 1.13. The van der Waals surface area contributed by atoms with E-state index < -0.39 is 10.0 Å². The van der Waals surface area contributed by atoms with Crippen molar-refractivity contribution in [3.05, 3.63) is 0 Å². The topological polar surface area (TPSA) is 72.2 Å². The van der Waals surface area contributed by atoms with Crippen molar-refractivity contribution in [1.29, 1.82) is 0 Å². The first-order valence-corrected chi connectivity index (χ1v) is 5.50.